The molecule has 0 aliphatic rings. The summed E-state index contributed by atoms with van der Waals surface area (Å²) in [7, 11) is 1.58. The number of benzene rings is 1. The van der Waals surface area contributed by atoms with Crippen LogP contribution in [0.3, 0.4) is 0 Å². The number of rotatable bonds is 8. The van der Waals surface area contributed by atoms with Crippen LogP contribution in [-0.4, -0.2) is 23.5 Å². The molecule has 0 aliphatic heterocycles. The smallest absolute Gasteiger partial charge is 0.146 e. The molecule has 0 spiro atoms. The quantitative estimate of drug-likeness (QED) is 0.348. The van der Waals surface area contributed by atoms with Gasteiger partial charge >= 0.3 is 0 Å². The maximum absolute atomic E-state index is 8.66. The fourth-order valence-electron chi connectivity index (χ4n) is 2.42. The molecule has 0 fully saturated rings. The van der Waals surface area contributed by atoms with Gasteiger partial charge in [-0.3, -0.25) is 0 Å². The highest BCUT2D eigenvalue weighted by Crippen LogP contribution is 2.16. The van der Waals surface area contributed by atoms with Gasteiger partial charge in [0.1, 0.15) is 11.4 Å². The predicted octanol–water partition coefficient (Wildman–Crippen LogP) is 3.85. The molecule has 0 unspecified atom stereocenters. The van der Waals surface area contributed by atoms with Crippen molar-refractivity contribution in [1.82, 2.24) is 4.98 Å². The Bertz CT molecular complexity index is 597. The van der Waals surface area contributed by atoms with Gasteiger partial charge in [-0.05, 0) is 43.4 Å². The van der Waals surface area contributed by atoms with Crippen molar-refractivity contribution in [2.75, 3.05) is 7.11 Å². The minimum atomic E-state index is 0.562. The molecule has 4 heteroatoms. The molecular formula is C18H22N2O2. The molecule has 0 saturated heterocycles. The normalized spacial score (nSPS) is 11.0. The third-order valence-corrected chi connectivity index (χ3v) is 3.58. The van der Waals surface area contributed by atoms with Gasteiger partial charge < -0.3 is 9.94 Å². The van der Waals surface area contributed by atoms with Crippen LogP contribution in [0.15, 0.2) is 47.6 Å². The lowest BCUT2D eigenvalue weighted by Crippen LogP contribution is -1.99. The second kappa shape index (κ2) is 8.82. The highest BCUT2D eigenvalue weighted by Gasteiger charge is 2.04. The van der Waals surface area contributed by atoms with Gasteiger partial charge in [0.05, 0.1) is 13.3 Å². The standard InChI is InChI=1S/C18H22N2O2/c1-22-18-13-12-16(20-17(18)14-19-21)11-7-3-6-10-15-8-4-2-5-9-15/h2,4-5,8-9,12-14,21H,3,6-7,10-11H2,1H3/b19-14-. The Labute approximate surface area is 131 Å². The van der Waals surface area contributed by atoms with Crippen LogP contribution in [0.1, 0.15) is 36.2 Å². The largest absolute Gasteiger partial charge is 0.494 e. The Balaban J connectivity index is 1.78. The fraction of sp³-hybridized carbons (Fsp3) is 0.333. The van der Waals surface area contributed by atoms with Crippen LogP contribution in [0.5, 0.6) is 5.75 Å². The number of ether oxygens (including phenoxy) is 1. The maximum Gasteiger partial charge on any atom is 0.146 e. The Morgan fingerprint density at radius 3 is 2.55 bits per heavy atom. The summed E-state index contributed by atoms with van der Waals surface area (Å²) in [4.78, 5) is 4.45. The zero-order valence-electron chi connectivity index (χ0n) is 12.9. The molecule has 1 aromatic carbocycles. The zero-order valence-corrected chi connectivity index (χ0v) is 12.9. The Morgan fingerprint density at radius 2 is 1.82 bits per heavy atom. The number of nitrogens with zero attached hydrogens (tertiary/aromatic N) is 2. The first kappa shape index (κ1) is 16.0. The Morgan fingerprint density at radius 1 is 1.05 bits per heavy atom. The third kappa shape index (κ3) is 4.88. The summed E-state index contributed by atoms with van der Waals surface area (Å²) in [5.41, 5.74) is 2.95. The molecule has 0 amide bonds. The van der Waals surface area contributed by atoms with E-state index in [2.05, 4.69) is 34.4 Å². The molecule has 0 bridgehead atoms. The maximum atomic E-state index is 8.66. The van der Waals surface area contributed by atoms with Crippen LogP contribution in [-0.2, 0) is 12.8 Å². The van der Waals surface area contributed by atoms with E-state index in [4.69, 9.17) is 9.94 Å². The summed E-state index contributed by atoms with van der Waals surface area (Å²) in [5, 5.41) is 11.7. The van der Waals surface area contributed by atoms with Gasteiger partial charge in [0, 0.05) is 5.69 Å². The lowest BCUT2D eigenvalue weighted by molar-refractivity contribution is 0.321. The van der Waals surface area contributed by atoms with Crippen molar-refractivity contribution in [3.63, 3.8) is 0 Å². The molecule has 0 aliphatic carbocycles. The molecule has 1 heterocycles. The molecule has 116 valence electrons. The summed E-state index contributed by atoms with van der Waals surface area (Å²) in [6.45, 7) is 0. The number of hydrogen-bond donors (Lipinski definition) is 1. The summed E-state index contributed by atoms with van der Waals surface area (Å²) >= 11 is 0. The van der Waals surface area contributed by atoms with E-state index in [0.29, 0.717) is 11.4 Å². The molecule has 4 nitrogen and oxygen atoms in total. The zero-order chi connectivity index (χ0) is 15.6. The monoisotopic (exact) mass is 298 g/mol. The molecule has 1 aromatic heterocycles. The van der Waals surface area contributed by atoms with Crippen LogP contribution < -0.4 is 4.74 Å². The fourth-order valence-corrected chi connectivity index (χ4v) is 2.42. The molecule has 22 heavy (non-hydrogen) atoms. The van der Waals surface area contributed by atoms with Gasteiger partial charge in [-0.1, -0.05) is 41.9 Å². The molecule has 0 atom stereocenters. The second-order valence-corrected chi connectivity index (χ2v) is 5.18. The second-order valence-electron chi connectivity index (χ2n) is 5.18. The van der Waals surface area contributed by atoms with Crippen molar-refractivity contribution in [2.45, 2.75) is 32.1 Å². The van der Waals surface area contributed by atoms with Crippen LogP contribution in [0.2, 0.25) is 0 Å². The average molecular weight is 298 g/mol. The van der Waals surface area contributed by atoms with Crippen LogP contribution in [0.4, 0.5) is 0 Å². The first-order valence-corrected chi connectivity index (χ1v) is 7.58. The molecule has 0 radical (unpaired) electrons. The molecular weight excluding hydrogens is 276 g/mol. The van der Waals surface area contributed by atoms with Crippen LogP contribution >= 0.6 is 0 Å². The van der Waals surface area contributed by atoms with Crippen molar-refractivity contribution in [2.24, 2.45) is 5.16 Å². The summed E-state index contributed by atoms with van der Waals surface area (Å²) in [6.07, 6.45) is 6.81. The van der Waals surface area contributed by atoms with Crippen LogP contribution in [0.25, 0.3) is 0 Å². The van der Waals surface area contributed by atoms with Gasteiger partial charge in [0.2, 0.25) is 0 Å². The first-order valence-electron chi connectivity index (χ1n) is 7.58. The molecule has 2 rings (SSSR count). The number of aryl methyl sites for hydroxylation is 2. The predicted molar refractivity (Wildman–Crippen MR) is 87.9 cm³/mol. The van der Waals surface area contributed by atoms with E-state index in [1.54, 1.807) is 7.11 Å². The summed E-state index contributed by atoms with van der Waals surface area (Å²) in [6, 6.07) is 14.4. The number of pyridine rings is 1. The average Bonchev–Trinajstić information content (AvgIpc) is 2.56. The van der Waals surface area contributed by atoms with E-state index in [1.807, 2.05) is 18.2 Å². The minimum Gasteiger partial charge on any atom is -0.494 e. The summed E-state index contributed by atoms with van der Waals surface area (Å²) in [5.74, 6) is 0.616. The van der Waals surface area contributed by atoms with Crippen molar-refractivity contribution in [1.29, 1.82) is 0 Å². The highest BCUT2D eigenvalue weighted by molar-refractivity contribution is 5.80. The number of methoxy groups -OCH3 is 1. The van der Waals surface area contributed by atoms with E-state index in [-0.39, 0.29) is 0 Å². The van der Waals surface area contributed by atoms with Crippen LogP contribution in [0, 0.1) is 0 Å². The first-order chi connectivity index (χ1) is 10.8. The lowest BCUT2D eigenvalue weighted by atomic mass is 10.1. The lowest BCUT2D eigenvalue weighted by Gasteiger charge is -2.06. The molecule has 0 saturated carbocycles. The van der Waals surface area contributed by atoms with Crippen molar-refractivity contribution < 1.29 is 9.94 Å². The topological polar surface area (TPSA) is 54.7 Å². The van der Waals surface area contributed by atoms with Gasteiger partial charge in [-0.25, -0.2) is 4.98 Å². The molecule has 1 N–H and O–H groups in total. The van der Waals surface area contributed by atoms with Crippen molar-refractivity contribution in [3.8, 4) is 5.75 Å². The van der Waals surface area contributed by atoms with E-state index in [9.17, 15) is 0 Å². The summed E-state index contributed by atoms with van der Waals surface area (Å²) < 4.78 is 5.18. The van der Waals surface area contributed by atoms with E-state index in [1.165, 1.54) is 24.6 Å². The highest BCUT2D eigenvalue weighted by atomic mass is 16.5. The van der Waals surface area contributed by atoms with E-state index >= 15 is 0 Å². The number of unbranched alkanes of at least 4 members (excludes halogenated alkanes) is 2. The van der Waals surface area contributed by atoms with Gasteiger partial charge in [-0.2, -0.15) is 0 Å². The van der Waals surface area contributed by atoms with Gasteiger partial charge in [0.15, 0.2) is 0 Å². The van der Waals surface area contributed by atoms with E-state index < -0.39 is 0 Å². The third-order valence-electron chi connectivity index (χ3n) is 3.58. The Hall–Kier alpha value is -2.36. The van der Waals surface area contributed by atoms with Crippen molar-refractivity contribution in [3.05, 3.63) is 59.4 Å². The number of aromatic nitrogens is 1. The van der Waals surface area contributed by atoms with Gasteiger partial charge in [-0.15, -0.1) is 0 Å². The van der Waals surface area contributed by atoms with Gasteiger partial charge in [0.25, 0.3) is 0 Å². The minimum absolute atomic E-state index is 0.562. The molecule has 2 aromatic rings. The number of hydrogen-bond acceptors (Lipinski definition) is 4. The van der Waals surface area contributed by atoms with Crippen molar-refractivity contribution >= 4 is 6.21 Å². The number of oxime groups is 1. The van der Waals surface area contributed by atoms with E-state index in [0.717, 1.165) is 25.0 Å². The SMILES string of the molecule is COc1ccc(CCCCCc2ccccc2)nc1/C=N\O. The Kier molecular flexibility index (Phi) is 6.42.